The van der Waals surface area contributed by atoms with Crippen molar-refractivity contribution >= 4 is 20.6 Å². The molecule has 0 radical (unpaired) electrons. The van der Waals surface area contributed by atoms with Gasteiger partial charge in [0.05, 0.1) is 8.41 Å². The first-order chi connectivity index (χ1) is 6.95. The van der Waals surface area contributed by atoms with Crippen molar-refractivity contribution in [1.82, 2.24) is 0 Å². The van der Waals surface area contributed by atoms with Crippen molar-refractivity contribution in [2.75, 3.05) is 0 Å². The van der Waals surface area contributed by atoms with Crippen LogP contribution in [-0.2, 0) is 0 Å². The van der Waals surface area contributed by atoms with Crippen molar-refractivity contribution in [3.8, 4) is 0 Å². The van der Waals surface area contributed by atoms with Crippen LogP contribution in [0.3, 0.4) is 0 Å². The Bertz CT molecular complexity index is 362. The van der Waals surface area contributed by atoms with Crippen LogP contribution in [0.25, 0.3) is 12.2 Å². The van der Waals surface area contributed by atoms with Gasteiger partial charge in [-0.2, -0.15) is 0 Å². The zero-order chi connectivity index (χ0) is 9.64. The third-order valence-electron chi connectivity index (χ3n) is 2.07. The summed E-state index contributed by atoms with van der Waals surface area (Å²) in [4.78, 5) is 0. The molecule has 0 unspecified atom stereocenters. The largest absolute Gasteiger partial charge is 0.0814 e. The highest BCUT2D eigenvalue weighted by Gasteiger charge is 1.84. The van der Waals surface area contributed by atoms with Crippen molar-refractivity contribution in [1.29, 1.82) is 0 Å². The van der Waals surface area contributed by atoms with E-state index in [0.717, 1.165) is 0 Å². The van der Waals surface area contributed by atoms with E-state index >= 15 is 0 Å². The summed E-state index contributed by atoms with van der Waals surface area (Å²) in [6.45, 7) is 0. The maximum Gasteiger partial charge on any atom is 0.0814 e. The van der Waals surface area contributed by atoms with Crippen LogP contribution in [0.5, 0.6) is 0 Å². The molecule has 0 amide bonds. The van der Waals surface area contributed by atoms with Crippen LogP contribution in [0.1, 0.15) is 11.1 Å². The van der Waals surface area contributed by atoms with Gasteiger partial charge < -0.3 is 0 Å². The molecule has 0 saturated heterocycles. The van der Waals surface area contributed by atoms with Crippen molar-refractivity contribution < 1.29 is 0 Å². The summed E-state index contributed by atoms with van der Waals surface area (Å²) in [5.41, 5.74) is 2.47. The van der Waals surface area contributed by atoms with Gasteiger partial charge in [0.1, 0.15) is 0 Å². The predicted molar refractivity (Wildman–Crippen MR) is 71.8 cm³/mol. The highest BCUT2D eigenvalue weighted by molar-refractivity contribution is 5.75. The molecule has 0 N–H and O–H groups in total. The molecule has 2 aromatic rings. The Labute approximate surface area is 92.9 Å². The Morgan fingerprint density at radius 3 is 1.20 bits per heavy atom. The van der Waals surface area contributed by atoms with E-state index in [4.69, 9.17) is 0 Å². The number of rotatable bonds is 2. The molecular weight excluding hydrogens is 179 g/mol. The second kappa shape index (κ2) is 5.87. The predicted octanol–water partition coefficient (Wildman–Crippen LogP) is 2.67. The van der Waals surface area contributed by atoms with Crippen molar-refractivity contribution in [3.05, 3.63) is 71.8 Å². The Balaban J connectivity index is 0.00000112. The maximum absolute atomic E-state index is 2.12. The number of hydrogen-bond acceptors (Lipinski definition) is 0. The fraction of sp³-hybridized carbons (Fsp3) is 0. The molecule has 0 aliphatic carbocycles. The molecule has 0 heterocycles. The molecule has 74 valence electrons. The molecule has 15 heavy (non-hydrogen) atoms. The Morgan fingerprint density at radius 1 is 0.533 bits per heavy atom. The van der Waals surface area contributed by atoms with Crippen LogP contribution in [0.2, 0.25) is 0 Å². The van der Waals surface area contributed by atoms with Gasteiger partial charge in [0, 0.05) is 0 Å². The SMILES string of the molecule is B.C(=Cc1ccccc1)c1ccccc1. The number of benzene rings is 2. The molecule has 0 nitrogen and oxygen atoms in total. The monoisotopic (exact) mass is 194 g/mol. The van der Waals surface area contributed by atoms with Crippen LogP contribution in [0.15, 0.2) is 60.7 Å². The minimum atomic E-state index is 0. The molecule has 0 aliphatic rings. The van der Waals surface area contributed by atoms with E-state index in [2.05, 4.69) is 36.4 Å². The summed E-state index contributed by atoms with van der Waals surface area (Å²) in [5, 5.41) is 0. The highest BCUT2D eigenvalue weighted by atomic mass is 13.9. The fourth-order valence-electron chi connectivity index (χ4n) is 1.32. The van der Waals surface area contributed by atoms with Crippen LogP contribution < -0.4 is 0 Å². The maximum atomic E-state index is 2.12. The zero-order valence-electron chi connectivity index (χ0n) is 7.93. The van der Waals surface area contributed by atoms with Gasteiger partial charge in [0.15, 0.2) is 0 Å². The molecule has 1 heteroatoms. The Hall–Kier alpha value is -1.76. The lowest BCUT2D eigenvalue weighted by atomic mass is 10.1. The Kier molecular flexibility index (Phi) is 4.43. The van der Waals surface area contributed by atoms with Gasteiger partial charge in [0.25, 0.3) is 0 Å². The summed E-state index contributed by atoms with van der Waals surface area (Å²) in [6.07, 6.45) is 4.24. The molecule has 0 aliphatic heterocycles. The van der Waals surface area contributed by atoms with Crippen molar-refractivity contribution in [3.63, 3.8) is 0 Å². The lowest BCUT2D eigenvalue weighted by Gasteiger charge is -1.92. The van der Waals surface area contributed by atoms with Gasteiger partial charge in [-0.25, -0.2) is 0 Å². The Morgan fingerprint density at radius 2 is 0.867 bits per heavy atom. The van der Waals surface area contributed by atoms with Gasteiger partial charge in [0.2, 0.25) is 0 Å². The summed E-state index contributed by atoms with van der Waals surface area (Å²) in [6, 6.07) is 20.6. The van der Waals surface area contributed by atoms with Gasteiger partial charge >= 0.3 is 0 Å². The lowest BCUT2D eigenvalue weighted by Crippen LogP contribution is -1.70. The first-order valence-electron chi connectivity index (χ1n) is 4.73. The van der Waals surface area contributed by atoms with E-state index in [9.17, 15) is 0 Å². The second-order valence-corrected chi connectivity index (χ2v) is 3.15. The molecule has 0 fully saturated rings. The molecule has 2 rings (SSSR count). The van der Waals surface area contributed by atoms with Crippen molar-refractivity contribution in [2.45, 2.75) is 0 Å². The first-order valence-corrected chi connectivity index (χ1v) is 4.73. The average molecular weight is 194 g/mol. The van der Waals surface area contributed by atoms with Crippen LogP contribution in [0.4, 0.5) is 0 Å². The topological polar surface area (TPSA) is 0 Å². The highest BCUT2D eigenvalue weighted by Crippen LogP contribution is 2.06. The summed E-state index contributed by atoms with van der Waals surface area (Å²) >= 11 is 0. The summed E-state index contributed by atoms with van der Waals surface area (Å²) < 4.78 is 0. The van der Waals surface area contributed by atoms with Crippen LogP contribution in [-0.4, -0.2) is 8.41 Å². The second-order valence-electron chi connectivity index (χ2n) is 3.15. The van der Waals surface area contributed by atoms with E-state index in [1.165, 1.54) is 11.1 Å². The summed E-state index contributed by atoms with van der Waals surface area (Å²) in [5.74, 6) is 0. The average Bonchev–Trinajstić information content (AvgIpc) is 2.29. The molecule has 0 bridgehead atoms. The third kappa shape index (κ3) is 3.47. The smallest absolute Gasteiger partial charge is 0.0622 e. The fourth-order valence-corrected chi connectivity index (χ4v) is 1.32. The number of hydrogen-bond donors (Lipinski definition) is 0. The summed E-state index contributed by atoms with van der Waals surface area (Å²) in [7, 11) is 0. The van der Waals surface area contributed by atoms with Gasteiger partial charge in [-0.1, -0.05) is 72.8 Å². The zero-order valence-corrected chi connectivity index (χ0v) is 7.93. The van der Waals surface area contributed by atoms with E-state index in [-0.39, 0.29) is 8.41 Å². The van der Waals surface area contributed by atoms with E-state index in [0.29, 0.717) is 0 Å². The van der Waals surface area contributed by atoms with Gasteiger partial charge in [-0.15, -0.1) is 0 Å². The first kappa shape index (κ1) is 11.3. The van der Waals surface area contributed by atoms with Crippen LogP contribution >= 0.6 is 0 Å². The molecule has 2 aromatic carbocycles. The molecular formula is C14H15B. The van der Waals surface area contributed by atoms with Gasteiger partial charge in [-0.05, 0) is 11.1 Å². The lowest BCUT2D eigenvalue weighted by molar-refractivity contribution is 1.65. The van der Waals surface area contributed by atoms with Crippen molar-refractivity contribution in [2.24, 2.45) is 0 Å². The molecule has 0 saturated carbocycles. The minimum Gasteiger partial charge on any atom is -0.0622 e. The third-order valence-corrected chi connectivity index (χ3v) is 2.07. The van der Waals surface area contributed by atoms with E-state index < -0.39 is 0 Å². The van der Waals surface area contributed by atoms with E-state index in [1.54, 1.807) is 0 Å². The standard InChI is InChI=1S/C14H12.BH3/c1-3-7-13(8-4-1)11-12-14-9-5-2-6-10-14;/h1-12H;1H3. The van der Waals surface area contributed by atoms with Gasteiger partial charge in [-0.3, -0.25) is 0 Å². The normalized spacial score (nSPS) is 9.87. The minimum absolute atomic E-state index is 0. The molecule has 0 aromatic heterocycles. The van der Waals surface area contributed by atoms with E-state index in [1.807, 2.05) is 36.4 Å². The molecule has 0 spiro atoms. The van der Waals surface area contributed by atoms with Crippen LogP contribution in [0, 0.1) is 0 Å². The quantitative estimate of drug-likeness (QED) is 0.509. The molecule has 0 atom stereocenters.